The third-order valence-corrected chi connectivity index (χ3v) is 6.50. The molecule has 0 saturated carbocycles. The fourth-order valence-electron chi connectivity index (χ4n) is 3.59. The number of ether oxygens (including phenoxy) is 1. The maximum Gasteiger partial charge on any atom is 0.255 e. The number of hydrogen-bond acceptors (Lipinski definition) is 4. The van der Waals surface area contributed by atoms with Gasteiger partial charge >= 0.3 is 0 Å². The number of halogens is 1. The Hall–Kier alpha value is -3.32. The van der Waals surface area contributed by atoms with Crippen molar-refractivity contribution in [1.82, 2.24) is 0 Å². The summed E-state index contributed by atoms with van der Waals surface area (Å²) in [7, 11) is 0. The zero-order chi connectivity index (χ0) is 23.2. The number of hydrogen-bond donors (Lipinski definition) is 1. The predicted molar refractivity (Wildman–Crippen MR) is 130 cm³/mol. The van der Waals surface area contributed by atoms with E-state index in [1.165, 1.54) is 22.7 Å². The molecule has 3 aromatic rings. The number of nitrogens with one attached hydrogen (secondary N) is 1. The molecule has 1 unspecified atom stereocenters. The molecule has 1 aliphatic heterocycles. The highest BCUT2D eigenvalue weighted by atomic mass is 32.2. The molecule has 0 aromatic heterocycles. The smallest absolute Gasteiger partial charge is 0.255 e. The van der Waals surface area contributed by atoms with Gasteiger partial charge in [-0.15, -0.1) is 11.8 Å². The zero-order valence-corrected chi connectivity index (χ0v) is 19.1. The summed E-state index contributed by atoms with van der Waals surface area (Å²) in [5.74, 6) is 0.171. The first-order valence-electron chi connectivity index (χ1n) is 10.9. The number of anilines is 2. The molecular formula is C26H25FN2O3S. The van der Waals surface area contributed by atoms with Gasteiger partial charge in [0.05, 0.1) is 18.0 Å². The van der Waals surface area contributed by atoms with Gasteiger partial charge in [0, 0.05) is 11.3 Å². The number of amides is 2. The van der Waals surface area contributed by atoms with Crippen LogP contribution in [0.15, 0.2) is 72.8 Å². The van der Waals surface area contributed by atoms with Gasteiger partial charge in [0.25, 0.3) is 5.91 Å². The minimum Gasteiger partial charge on any atom is -0.494 e. The summed E-state index contributed by atoms with van der Waals surface area (Å²) in [4.78, 5) is 26.7. The summed E-state index contributed by atoms with van der Waals surface area (Å²) in [6.07, 6.45) is 2.04. The van der Waals surface area contributed by atoms with Crippen molar-refractivity contribution in [1.29, 1.82) is 0 Å². The van der Waals surface area contributed by atoms with Crippen LogP contribution in [0.2, 0.25) is 0 Å². The summed E-state index contributed by atoms with van der Waals surface area (Å²) in [6, 6.07) is 20.6. The largest absolute Gasteiger partial charge is 0.494 e. The van der Waals surface area contributed by atoms with Crippen molar-refractivity contribution in [2.45, 2.75) is 25.1 Å². The molecule has 33 heavy (non-hydrogen) atoms. The average Bonchev–Trinajstić information content (AvgIpc) is 3.21. The fraction of sp³-hybridized carbons (Fsp3) is 0.231. The summed E-state index contributed by atoms with van der Waals surface area (Å²) in [5.41, 5.74) is 2.19. The third-order valence-electron chi connectivity index (χ3n) is 5.29. The number of thioether (sulfide) groups is 1. The molecule has 3 aromatic carbocycles. The number of unbranched alkanes of at least 4 members (excludes halogenated alkanes) is 1. The molecule has 5 nitrogen and oxygen atoms in total. The van der Waals surface area contributed by atoms with Gasteiger partial charge in [-0.1, -0.05) is 37.6 Å². The second kappa shape index (κ2) is 10.5. The van der Waals surface area contributed by atoms with Crippen molar-refractivity contribution < 1.29 is 18.7 Å². The summed E-state index contributed by atoms with van der Waals surface area (Å²) in [6.45, 7) is 2.76. The number of para-hydroxylation sites is 1. The molecule has 1 N–H and O–H groups in total. The predicted octanol–water partition coefficient (Wildman–Crippen LogP) is 6.04. The van der Waals surface area contributed by atoms with Crippen LogP contribution in [0.5, 0.6) is 5.75 Å². The molecule has 0 aliphatic carbocycles. The van der Waals surface area contributed by atoms with Gasteiger partial charge in [0.15, 0.2) is 0 Å². The van der Waals surface area contributed by atoms with Crippen molar-refractivity contribution in [3.8, 4) is 5.75 Å². The van der Waals surface area contributed by atoms with Gasteiger partial charge < -0.3 is 10.1 Å². The van der Waals surface area contributed by atoms with Crippen molar-refractivity contribution in [3.63, 3.8) is 0 Å². The first kappa shape index (κ1) is 22.9. The lowest BCUT2D eigenvalue weighted by Gasteiger charge is -2.25. The number of benzene rings is 3. The molecule has 7 heteroatoms. The Labute approximate surface area is 196 Å². The first-order chi connectivity index (χ1) is 16.1. The fourth-order valence-corrected chi connectivity index (χ4v) is 4.75. The van der Waals surface area contributed by atoms with Crippen molar-refractivity contribution in [2.75, 3.05) is 22.6 Å². The number of rotatable bonds is 8. The Morgan fingerprint density at radius 3 is 2.67 bits per heavy atom. The molecule has 0 spiro atoms. The zero-order valence-electron chi connectivity index (χ0n) is 18.3. The minimum atomic E-state index is -0.440. The van der Waals surface area contributed by atoms with Gasteiger partial charge in [-0.2, -0.15) is 0 Å². The van der Waals surface area contributed by atoms with E-state index in [4.69, 9.17) is 4.74 Å². The van der Waals surface area contributed by atoms with E-state index >= 15 is 0 Å². The Morgan fingerprint density at radius 1 is 1.12 bits per heavy atom. The van der Waals surface area contributed by atoms with E-state index in [9.17, 15) is 14.0 Å². The molecule has 0 bridgehead atoms. The standard InChI is InChI=1S/C26H25FN2O3S/c1-2-3-15-32-21-13-11-18(12-14-21)25(31)28-20-8-6-7-19(16-20)26-29(24(30)17-33-26)23-10-5-4-9-22(23)27/h4-14,16,26H,2-3,15,17H2,1H3,(H,28,31). The van der Waals surface area contributed by atoms with Crippen LogP contribution in [0.4, 0.5) is 15.8 Å². The SMILES string of the molecule is CCCCOc1ccc(C(=O)Nc2cccc(C3SCC(=O)N3c3ccccc3F)c2)cc1. The van der Waals surface area contributed by atoms with Crippen LogP contribution in [0.25, 0.3) is 0 Å². The first-order valence-corrected chi connectivity index (χ1v) is 11.9. The highest BCUT2D eigenvalue weighted by Crippen LogP contribution is 2.43. The van der Waals surface area contributed by atoms with Crippen LogP contribution in [0.3, 0.4) is 0 Å². The highest BCUT2D eigenvalue weighted by Gasteiger charge is 2.35. The van der Waals surface area contributed by atoms with E-state index in [1.54, 1.807) is 48.5 Å². The maximum atomic E-state index is 14.4. The molecule has 4 rings (SSSR count). The molecule has 0 radical (unpaired) electrons. The summed E-state index contributed by atoms with van der Waals surface area (Å²) >= 11 is 1.43. The lowest BCUT2D eigenvalue weighted by Crippen LogP contribution is -2.28. The van der Waals surface area contributed by atoms with Crippen LogP contribution in [0, 0.1) is 5.82 Å². The molecule has 170 valence electrons. The van der Waals surface area contributed by atoms with Crippen LogP contribution in [0.1, 0.15) is 41.1 Å². The molecule has 1 fully saturated rings. The second-order valence-corrected chi connectivity index (χ2v) is 8.75. The summed E-state index contributed by atoms with van der Waals surface area (Å²) < 4.78 is 20.0. The lowest BCUT2D eigenvalue weighted by molar-refractivity contribution is -0.115. The molecular weight excluding hydrogens is 439 g/mol. The van der Waals surface area contributed by atoms with E-state index in [1.807, 2.05) is 18.2 Å². The average molecular weight is 465 g/mol. The van der Waals surface area contributed by atoms with Crippen LogP contribution < -0.4 is 15.0 Å². The Bertz CT molecular complexity index is 1140. The normalized spacial score (nSPS) is 15.5. The van der Waals surface area contributed by atoms with Gasteiger partial charge in [0.1, 0.15) is 16.9 Å². The van der Waals surface area contributed by atoms with E-state index in [0.717, 1.165) is 24.2 Å². The Kier molecular flexibility index (Phi) is 7.29. The molecule has 1 aliphatic rings. The van der Waals surface area contributed by atoms with Crippen LogP contribution in [-0.2, 0) is 4.79 Å². The number of carbonyl (C=O) groups is 2. The van der Waals surface area contributed by atoms with E-state index in [2.05, 4.69) is 12.2 Å². The second-order valence-electron chi connectivity index (χ2n) is 7.68. The van der Waals surface area contributed by atoms with Crippen LogP contribution in [-0.4, -0.2) is 24.2 Å². The van der Waals surface area contributed by atoms with Crippen molar-refractivity contribution >= 4 is 35.0 Å². The Morgan fingerprint density at radius 2 is 1.91 bits per heavy atom. The van der Waals surface area contributed by atoms with Gasteiger partial charge in [0.2, 0.25) is 5.91 Å². The van der Waals surface area contributed by atoms with Crippen molar-refractivity contribution in [3.05, 3.63) is 89.7 Å². The summed E-state index contributed by atoms with van der Waals surface area (Å²) in [5, 5.41) is 2.53. The minimum absolute atomic E-state index is 0.147. The van der Waals surface area contributed by atoms with Gasteiger partial charge in [-0.3, -0.25) is 14.5 Å². The Balaban J connectivity index is 1.48. The third kappa shape index (κ3) is 5.37. The van der Waals surface area contributed by atoms with Crippen LogP contribution >= 0.6 is 11.8 Å². The van der Waals surface area contributed by atoms with Gasteiger partial charge in [-0.05, 0) is 60.5 Å². The molecule has 1 heterocycles. The quantitative estimate of drug-likeness (QED) is 0.413. The van der Waals surface area contributed by atoms with Gasteiger partial charge in [-0.25, -0.2) is 4.39 Å². The molecule has 2 amide bonds. The monoisotopic (exact) mass is 464 g/mol. The van der Waals surface area contributed by atoms with E-state index < -0.39 is 5.82 Å². The van der Waals surface area contributed by atoms with E-state index in [-0.39, 0.29) is 28.6 Å². The lowest BCUT2D eigenvalue weighted by atomic mass is 10.1. The molecule has 1 saturated heterocycles. The topological polar surface area (TPSA) is 58.6 Å². The van der Waals surface area contributed by atoms with E-state index in [0.29, 0.717) is 17.9 Å². The number of nitrogens with zero attached hydrogens (tertiary/aromatic N) is 1. The maximum absolute atomic E-state index is 14.4. The highest BCUT2D eigenvalue weighted by molar-refractivity contribution is 8.00. The van der Waals surface area contributed by atoms with Crippen molar-refractivity contribution in [2.24, 2.45) is 0 Å². The number of carbonyl (C=O) groups excluding carboxylic acids is 2. The molecule has 1 atom stereocenters.